The minimum absolute atomic E-state index is 0.265. The van der Waals surface area contributed by atoms with Gasteiger partial charge in [0.25, 0.3) is 0 Å². The van der Waals surface area contributed by atoms with Crippen LogP contribution in [0.1, 0.15) is 33.6 Å². The zero-order valence-electron chi connectivity index (χ0n) is 12.3. The molecule has 1 fully saturated rings. The highest BCUT2D eigenvalue weighted by molar-refractivity contribution is 5.39. The lowest BCUT2D eigenvalue weighted by atomic mass is 10.2. The fourth-order valence-electron chi connectivity index (χ4n) is 1.94. The van der Waals surface area contributed by atoms with E-state index in [-0.39, 0.29) is 6.01 Å². The summed E-state index contributed by atoms with van der Waals surface area (Å²) < 4.78 is 5.67. The topological polar surface area (TPSA) is 63.2 Å². The molecule has 0 unspecified atom stereocenters. The second-order valence-corrected chi connectivity index (χ2v) is 5.22. The number of hydrogen-bond donors (Lipinski definition) is 1. The molecule has 0 spiro atoms. The molecule has 1 aliphatic rings. The van der Waals surface area contributed by atoms with Gasteiger partial charge in [0.2, 0.25) is 11.9 Å². The number of rotatable bonds is 5. The molecule has 1 aliphatic heterocycles. The van der Waals surface area contributed by atoms with Crippen LogP contribution in [0.4, 0.5) is 11.9 Å². The Labute approximate surface area is 120 Å². The number of nitrogens with one attached hydrogen (secondary N) is 1. The quantitative estimate of drug-likeness (QED) is 0.825. The largest absolute Gasteiger partial charge is 0.444 e. The lowest BCUT2D eigenvalue weighted by Gasteiger charge is -2.21. The van der Waals surface area contributed by atoms with Gasteiger partial charge in [0.15, 0.2) is 5.60 Å². The molecular weight excluding hydrogens is 254 g/mol. The number of nitrogens with zero attached hydrogens (tertiary/aromatic N) is 4. The molecule has 0 amide bonds. The Balaban J connectivity index is 2.28. The Morgan fingerprint density at radius 2 is 2.00 bits per heavy atom. The Morgan fingerprint density at radius 3 is 2.60 bits per heavy atom. The first-order valence-corrected chi connectivity index (χ1v) is 6.96. The van der Waals surface area contributed by atoms with Crippen molar-refractivity contribution in [2.24, 2.45) is 0 Å². The molecule has 20 heavy (non-hydrogen) atoms. The highest BCUT2D eigenvalue weighted by atomic mass is 16.5. The molecule has 1 saturated heterocycles. The number of anilines is 2. The molecule has 0 bridgehead atoms. The summed E-state index contributed by atoms with van der Waals surface area (Å²) in [4.78, 5) is 15.2. The zero-order valence-corrected chi connectivity index (χ0v) is 12.3. The van der Waals surface area contributed by atoms with E-state index in [0.29, 0.717) is 11.9 Å². The average Bonchev–Trinajstić information content (AvgIpc) is 2.92. The maximum absolute atomic E-state index is 5.67. The van der Waals surface area contributed by atoms with E-state index in [1.165, 1.54) is 0 Å². The fraction of sp³-hybridized carbons (Fsp3) is 0.643. The van der Waals surface area contributed by atoms with Crippen LogP contribution in [0.25, 0.3) is 0 Å². The second kappa shape index (κ2) is 5.95. The van der Waals surface area contributed by atoms with Gasteiger partial charge < -0.3 is 15.0 Å². The monoisotopic (exact) mass is 275 g/mol. The Bertz CT molecular complexity index is 503. The van der Waals surface area contributed by atoms with Crippen LogP contribution in [0.3, 0.4) is 0 Å². The van der Waals surface area contributed by atoms with Crippen LogP contribution in [0.2, 0.25) is 0 Å². The van der Waals surface area contributed by atoms with Crippen LogP contribution in [-0.4, -0.2) is 40.2 Å². The van der Waals surface area contributed by atoms with E-state index in [9.17, 15) is 0 Å². The fourth-order valence-corrected chi connectivity index (χ4v) is 1.94. The van der Waals surface area contributed by atoms with Crippen molar-refractivity contribution in [3.8, 4) is 18.4 Å². The standard InChI is InChI=1S/C14H21N5O/c1-5-14(3,4)20-13-17-11(15-6-2)16-12(18-13)19-9-7-8-10-19/h1H,6-10H2,2-4H3,(H,15,16,17,18). The van der Waals surface area contributed by atoms with Crippen molar-refractivity contribution in [1.82, 2.24) is 15.0 Å². The van der Waals surface area contributed by atoms with Gasteiger partial charge in [-0.2, -0.15) is 15.0 Å². The summed E-state index contributed by atoms with van der Waals surface area (Å²) in [6.45, 7) is 8.27. The van der Waals surface area contributed by atoms with Gasteiger partial charge in [-0.05, 0) is 33.6 Å². The van der Waals surface area contributed by atoms with Crippen LogP contribution in [0, 0.1) is 12.3 Å². The van der Waals surface area contributed by atoms with E-state index in [1.807, 2.05) is 6.92 Å². The number of terminal acetylenes is 1. The summed E-state index contributed by atoms with van der Waals surface area (Å²) in [5, 5.41) is 3.10. The molecule has 6 nitrogen and oxygen atoms in total. The SMILES string of the molecule is C#CC(C)(C)Oc1nc(NCC)nc(N2CCCC2)n1. The lowest BCUT2D eigenvalue weighted by molar-refractivity contribution is 0.156. The van der Waals surface area contributed by atoms with Gasteiger partial charge in [-0.3, -0.25) is 0 Å². The maximum atomic E-state index is 5.67. The van der Waals surface area contributed by atoms with Crippen molar-refractivity contribution in [3.63, 3.8) is 0 Å². The predicted octanol–water partition coefficient (Wildman–Crippen LogP) is 1.69. The molecule has 2 rings (SSSR count). The van der Waals surface area contributed by atoms with Crippen LogP contribution in [-0.2, 0) is 0 Å². The molecule has 6 heteroatoms. The van der Waals surface area contributed by atoms with Crippen molar-refractivity contribution in [2.45, 2.75) is 39.2 Å². The molecule has 0 aliphatic carbocycles. The summed E-state index contributed by atoms with van der Waals surface area (Å²) >= 11 is 0. The van der Waals surface area contributed by atoms with Crippen LogP contribution in [0.15, 0.2) is 0 Å². The molecular formula is C14H21N5O. The third-order valence-electron chi connectivity index (χ3n) is 3.02. The van der Waals surface area contributed by atoms with Gasteiger partial charge in [0.1, 0.15) is 0 Å². The summed E-state index contributed by atoms with van der Waals surface area (Å²) in [6.07, 6.45) is 7.76. The highest BCUT2D eigenvalue weighted by Gasteiger charge is 2.22. The molecule has 108 valence electrons. The van der Waals surface area contributed by atoms with E-state index in [0.717, 1.165) is 32.5 Å². The first-order chi connectivity index (χ1) is 9.54. The molecule has 0 aromatic carbocycles. The zero-order chi connectivity index (χ0) is 14.6. The van der Waals surface area contributed by atoms with E-state index in [1.54, 1.807) is 13.8 Å². The summed E-state index contributed by atoms with van der Waals surface area (Å²) in [6, 6.07) is 0.265. The van der Waals surface area contributed by atoms with Crippen LogP contribution < -0.4 is 15.0 Å². The Hall–Kier alpha value is -2.03. The summed E-state index contributed by atoms with van der Waals surface area (Å²) in [7, 11) is 0. The molecule has 0 radical (unpaired) electrons. The minimum atomic E-state index is -0.743. The third kappa shape index (κ3) is 3.50. The maximum Gasteiger partial charge on any atom is 0.324 e. The van der Waals surface area contributed by atoms with Gasteiger partial charge in [-0.15, -0.1) is 6.42 Å². The molecule has 1 aromatic rings. The molecule has 0 saturated carbocycles. The van der Waals surface area contributed by atoms with Crippen LogP contribution >= 0.6 is 0 Å². The van der Waals surface area contributed by atoms with E-state index < -0.39 is 5.60 Å². The average molecular weight is 275 g/mol. The predicted molar refractivity (Wildman–Crippen MR) is 79.0 cm³/mol. The Kier molecular flexibility index (Phi) is 4.28. The van der Waals surface area contributed by atoms with Gasteiger partial charge >= 0.3 is 6.01 Å². The third-order valence-corrected chi connectivity index (χ3v) is 3.02. The summed E-state index contributed by atoms with van der Waals surface area (Å²) in [5.41, 5.74) is -0.743. The van der Waals surface area contributed by atoms with Gasteiger partial charge in [-0.1, -0.05) is 5.92 Å². The van der Waals surface area contributed by atoms with Crippen LogP contribution in [0.5, 0.6) is 6.01 Å². The Morgan fingerprint density at radius 1 is 1.30 bits per heavy atom. The highest BCUT2D eigenvalue weighted by Crippen LogP contribution is 2.21. The van der Waals surface area contributed by atoms with Gasteiger partial charge in [0, 0.05) is 19.6 Å². The van der Waals surface area contributed by atoms with Crippen molar-refractivity contribution < 1.29 is 4.74 Å². The van der Waals surface area contributed by atoms with E-state index in [4.69, 9.17) is 11.2 Å². The molecule has 1 N–H and O–H groups in total. The van der Waals surface area contributed by atoms with E-state index >= 15 is 0 Å². The molecule has 1 aromatic heterocycles. The van der Waals surface area contributed by atoms with Crippen molar-refractivity contribution in [1.29, 1.82) is 0 Å². The first-order valence-electron chi connectivity index (χ1n) is 6.96. The number of ether oxygens (including phenoxy) is 1. The summed E-state index contributed by atoms with van der Waals surface area (Å²) in [5.74, 6) is 3.74. The normalized spacial score (nSPS) is 15.0. The van der Waals surface area contributed by atoms with E-state index in [2.05, 4.69) is 31.1 Å². The smallest absolute Gasteiger partial charge is 0.324 e. The molecule has 0 atom stereocenters. The lowest BCUT2D eigenvalue weighted by Crippen LogP contribution is -2.28. The second-order valence-electron chi connectivity index (χ2n) is 5.22. The van der Waals surface area contributed by atoms with Gasteiger partial charge in [0.05, 0.1) is 0 Å². The number of hydrogen-bond acceptors (Lipinski definition) is 6. The molecule has 2 heterocycles. The van der Waals surface area contributed by atoms with Gasteiger partial charge in [-0.25, -0.2) is 0 Å². The first kappa shape index (κ1) is 14.4. The van der Waals surface area contributed by atoms with Crippen molar-refractivity contribution in [2.75, 3.05) is 29.9 Å². The number of aromatic nitrogens is 3. The van der Waals surface area contributed by atoms with Crippen molar-refractivity contribution >= 4 is 11.9 Å². The van der Waals surface area contributed by atoms with Crippen molar-refractivity contribution in [3.05, 3.63) is 0 Å². The minimum Gasteiger partial charge on any atom is -0.444 e.